The third-order valence-electron chi connectivity index (χ3n) is 4.55. The van der Waals surface area contributed by atoms with Gasteiger partial charge in [0.05, 0.1) is 16.8 Å². The molecule has 0 aliphatic heterocycles. The van der Waals surface area contributed by atoms with E-state index in [9.17, 15) is 4.39 Å². The molecule has 0 saturated carbocycles. The molecule has 4 rings (SSSR count). The van der Waals surface area contributed by atoms with E-state index in [-0.39, 0.29) is 5.82 Å². The number of nitrogens with zero attached hydrogens (tertiary/aromatic N) is 2. The van der Waals surface area contributed by atoms with Crippen LogP contribution in [0.5, 0.6) is 0 Å². The molecule has 2 nitrogen and oxygen atoms in total. The van der Waals surface area contributed by atoms with Gasteiger partial charge in [-0.05, 0) is 54.7 Å². The van der Waals surface area contributed by atoms with Gasteiger partial charge in [-0.3, -0.25) is 0 Å². The normalized spacial score (nSPS) is 11.6. The molecular formula is C21H18ClFN2S2. The zero-order chi connectivity index (χ0) is 19.0. The molecule has 4 aromatic rings. The van der Waals surface area contributed by atoms with Crippen LogP contribution in [0.1, 0.15) is 25.8 Å². The van der Waals surface area contributed by atoms with Gasteiger partial charge in [0, 0.05) is 20.9 Å². The fraction of sp³-hybridized carbons (Fsp3) is 0.238. The SMILES string of the molecule is CC(C)CCc1ccc(-c2ccc(-c3ccc(Cl)c4nsnc34)s2)c(F)c1. The summed E-state index contributed by atoms with van der Waals surface area (Å²) in [6.45, 7) is 4.37. The second-order valence-electron chi connectivity index (χ2n) is 6.97. The molecule has 0 aliphatic rings. The van der Waals surface area contributed by atoms with Crippen LogP contribution in [-0.2, 0) is 6.42 Å². The van der Waals surface area contributed by atoms with Gasteiger partial charge in [-0.25, -0.2) is 4.39 Å². The molecule has 0 bridgehead atoms. The minimum Gasteiger partial charge on any atom is -0.206 e. The zero-order valence-corrected chi connectivity index (χ0v) is 17.4. The van der Waals surface area contributed by atoms with Crippen LogP contribution in [0.4, 0.5) is 4.39 Å². The molecule has 2 heterocycles. The Morgan fingerprint density at radius 1 is 0.963 bits per heavy atom. The maximum Gasteiger partial charge on any atom is 0.132 e. The third-order valence-corrected chi connectivity index (χ3v) is 6.53. The summed E-state index contributed by atoms with van der Waals surface area (Å²) in [7, 11) is 0. The van der Waals surface area contributed by atoms with E-state index in [1.54, 1.807) is 17.4 Å². The number of hydrogen-bond acceptors (Lipinski definition) is 4. The van der Waals surface area contributed by atoms with Crippen LogP contribution >= 0.6 is 34.7 Å². The van der Waals surface area contributed by atoms with E-state index in [0.717, 1.165) is 56.5 Å². The van der Waals surface area contributed by atoms with Crippen LogP contribution in [0.25, 0.3) is 31.9 Å². The molecule has 0 spiro atoms. The number of halogens is 2. The highest BCUT2D eigenvalue weighted by Crippen LogP contribution is 2.39. The van der Waals surface area contributed by atoms with Gasteiger partial charge in [0.2, 0.25) is 0 Å². The highest BCUT2D eigenvalue weighted by molar-refractivity contribution is 7.19. The van der Waals surface area contributed by atoms with Crippen LogP contribution in [0.2, 0.25) is 5.02 Å². The predicted octanol–water partition coefficient (Wildman–Crippen LogP) is 7.47. The molecule has 6 heteroatoms. The molecule has 0 saturated heterocycles. The highest BCUT2D eigenvalue weighted by atomic mass is 35.5. The van der Waals surface area contributed by atoms with E-state index in [1.165, 1.54) is 0 Å². The minimum absolute atomic E-state index is 0.166. The first-order valence-electron chi connectivity index (χ1n) is 8.82. The molecule has 27 heavy (non-hydrogen) atoms. The van der Waals surface area contributed by atoms with E-state index >= 15 is 0 Å². The summed E-state index contributed by atoms with van der Waals surface area (Å²) in [6, 6.07) is 13.4. The van der Waals surface area contributed by atoms with Gasteiger partial charge in [0.25, 0.3) is 0 Å². The smallest absolute Gasteiger partial charge is 0.132 e. The molecule has 0 fully saturated rings. The van der Waals surface area contributed by atoms with Crippen LogP contribution in [0, 0.1) is 11.7 Å². The summed E-state index contributed by atoms with van der Waals surface area (Å²) in [5, 5.41) is 0.599. The Morgan fingerprint density at radius 2 is 1.67 bits per heavy atom. The molecule has 0 unspecified atom stereocenters. The van der Waals surface area contributed by atoms with Crippen molar-refractivity contribution in [1.82, 2.24) is 8.75 Å². The number of aromatic nitrogens is 2. The molecular weight excluding hydrogens is 399 g/mol. The van der Waals surface area contributed by atoms with Gasteiger partial charge in [-0.1, -0.05) is 37.6 Å². The first-order valence-corrected chi connectivity index (χ1v) is 10.7. The molecule has 0 radical (unpaired) electrons. The predicted molar refractivity (Wildman–Crippen MR) is 114 cm³/mol. The lowest BCUT2D eigenvalue weighted by Gasteiger charge is -2.07. The largest absolute Gasteiger partial charge is 0.206 e. The van der Waals surface area contributed by atoms with Crippen molar-refractivity contribution in [2.24, 2.45) is 5.92 Å². The molecule has 2 aromatic carbocycles. The summed E-state index contributed by atoms with van der Waals surface area (Å²) in [6.07, 6.45) is 1.97. The van der Waals surface area contributed by atoms with Gasteiger partial charge >= 0.3 is 0 Å². The van der Waals surface area contributed by atoms with Gasteiger partial charge in [0.15, 0.2) is 0 Å². The second-order valence-corrected chi connectivity index (χ2v) is 8.99. The monoisotopic (exact) mass is 416 g/mol. The van der Waals surface area contributed by atoms with Gasteiger partial charge in [-0.15, -0.1) is 11.3 Å². The van der Waals surface area contributed by atoms with Crippen molar-refractivity contribution in [2.75, 3.05) is 0 Å². The summed E-state index contributed by atoms with van der Waals surface area (Å²) in [5.74, 6) is 0.449. The number of rotatable bonds is 5. The van der Waals surface area contributed by atoms with Gasteiger partial charge in [-0.2, -0.15) is 8.75 Å². The van der Waals surface area contributed by atoms with Crippen LogP contribution < -0.4 is 0 Å². The standard InChI is InChI=1S/C21H18ClFN2S2/c1-12(2)3-4-13-5-6-14(17(23)11-13)18-9-10-19(26-18)15-7-8-16(22)21-20(15)24-27-25-21/h5-12H,3-4H2,1-2H3. The topological polar surface area (TPSA) is 25.8 Å². The van der Waals surface area contributed by atoms with Crippen LogP contribution in [-0.4, -0.2) is 8.75 Å². The number of aryl methyl sites for hydroxylation is 1. The first-order chi connectivity index (χ1) is 13.0. The lowest BCUT2D eigenvalue weighted by atomic mass is 10.0. The van der Waals surface area contributed by atoms with Crippen molar-refractivity contribution in [1.29, 1.82) is 0 Å². The fourth-order valence-electron chi connectivity index (χ4n) is 3.03. The van der Waals surface area contributed by atoms with Crippen molar-refractivity contribution in [2.45, 2.75) is 26.7 Å². The van der Waals surface area contributed by atoms with E-state index in [0.29, 0.717) is 16.5 Å². The molecule has 0 N–H and O–H groups in total. The summed E-state index contributed by atoms with van der Waals surface area (Å²) < 4.78 is 23.3. The van der Waals surface area contributed by atoms with Crippen LogP contribution in [0.3, 0.4) is 0 Å². The molecule has 0 aliphatic carbocycles. The van der Waals surface area contributed by atoms with Gasteiger partial charge < -0.3 is 0 Å². The van der Waals surface area contributed by atoms with E-state index in [2.05, 4.69) is 22.6 Å². The van der Waals surface area contributed by atoms with Crippen molar-refractivity contribution in [3.8, 4) is 20.9 Å². The maximum absolute atomic E-state index is 14.7. The zero-order valence-electron chi connectivity index (χ0n) is 15.0. The highest BCUT2D eigenvalue weighted by Gasteiger charge is 2.15. The van der Waals surface area contributed by atoms with E-state index in [1.807, 2.05) is 36.4 Å². The molecule has 2 aromatic heterocycles. The number of thiophene rings is 1. The third kappa shape index (κ3) is 3.77. The van der Waals surface area contributed by atoms with Crippen LogP contribution in [0.15, 0.2) is 42.5 Å². The van der Waals surface area contributed by atoms with Crippen molar-refractivity contribution in [3.05, 3.63) is 58.9 Å². The lowest BCUT2D eigenvalue weighted by molar-refractivity contribution is 0.582. The average Bonchev–Trinajstić information content (AvgIpc) is 3.30. The first kappa shape index (κ1) is 18.5. The molecule has 0 atom stereocenters. The molecule has 0 amide bonds. The summed E-state index contributed by atoms with van der Waals surface area (Å²) in [5.41, 5.74) is 4.18. The summed E-state index contributed by atoms with van der Waals surface area (Å²) in [4.78, 5) is 1.94. The molecule has 138 valence electrons. The Labute approximate surface area is 171 Å². The maximum atomic E-state index is 14.7. The number of hydrogen-bond donors (Lipinski definition) is 0. The fourth-order valence-corrected chi connectivity index (χ4v) is 4.91. The quantitative estimate of drug-likeness (QED) is 0.337. The Balaban J connectivity index is 1.66. The van der Waals surface area contributed by atoms with Crippen molar-refractivity contribution >= 4 is 45.7 Å². The average molecular weight is 417 g/mol. The minimum atomic E-state index is -0.166. The Bertz CT molecular complexity index is 1100. The van der Waals surface area contributed by atoms with Gasteiger partial charge in [0.1, 0.15) is 16.9 Å². The lowest BCUT2D eigenvalue weighted by Crippen LogP contribution is -1.93. The van der Waals surface area contributed by atoms with Crippen molar-refractivity contribution < 1.29 is 4.39 Å². The Hall–Kier alpha value is -1.82. The number of benzene rings is 2. The number of fused-ring (bicyclic) bond motifs is 1. The Kier molecular flexibility index (Phi) is 5.26. The summed E-state index contributed by atoms with van der Waals surface area (Å²) >= 11 is 8.90. The second kappa shape index (κ2) is 7.66. The van der Waals surface area contributed by atoms with Crippen molar-refractivity contribution in [3.63, 3.8) is 0 Å². The van der Waals surface area contributed by atoms with E-state index in [4.69, 9.17) is 11.6 Å². The van der Waals surface area contributed by atoms with E-state index < -0.39 is 0 Å². The Morgan fingerprint density at radius 3 is 2.41 bits per heavy atom.